The van der Waals surface area contributed by atoms with Crippen LogP contribution >= 0.6 is 11.3 Å². The summed E-state index contributed by atoms with van der Waals surface area (Å²) in [5.41, 5.74) is 8.13. The number of anilines is 1. The van der Waals surface area contributed by atoms with Gasteiger partial charge in [0.05, 0.1) is 5.01 Å². The van der Waals surface area contributed by atoms with Crippen molar-refractivity contribution < 1.29 is 4.79 Å². The van der Waals surface area contributed by atoms with Crippen molar-refractivity contribution in [3.63, 3.8) is 0 Å². The van der Waals surface area contributed by atoms with Gasteiger partial charge in [0, 0.05) is 24.5 Å². The molecule has 1 heterocycles. The molecule has 2 rings (SSSR count). The Hall–Kier alpha value is -1.72. The molecule has 0 fully saturated rings. The van der Waals surface area contributed by atoms with E-state index in [1.165, 1.54) is 16.9 Å². The van der Waals surface area contributed by atoms with Crippen LogP contribution in [0.3, 0.4) is 0 Å². The number of thiazole rings is 1. The first-order valence-corrected chi connectivity index (χ1v) is 7.93. The highest BCUT2D eigenvalue weighted by atomic mass is 32.1. The molecule has 0 atom stereocenters. The number of nitrogens with zero attached hydrogens (tertiary/aromatic N) is 2. The van der Waals surface area contributed by atoms with E-state index in [-0.39, 0.29) is 5.91 Å². The normalized spacial score (nSPS) is 10.9. The van der Waals surface area contributed by atoms with E-state index < -0.39 is 0 Å². The monoisotopic (exact) mass is 303 g/mol. The number of hydrogen-bond donors (Lipinski definition) is 1. The standard InChI is InChI=1S/C16H21N3OS/c1-11(2)12-4-6-13(7-5-12)19(3)16(20)14-10-21-15(18-14)8-9-17/h4-7,10-11H,8-9,17H2,1-3H3. The van der Waals surface area contributed by atoms with E-state index in [0.29, 0.717) is 24.6 Å². The number of rotatable bonds is 5. The summed E-state index contributed by atoms with van der Waals surface area (Å²) in [4.78, 5) is 18.4. The Bertz CT molecular complexity index is 604. The summed E-state index contributed by atoms with van der Waals surface area (Å²) >= 11 is 1.48. The lowest BCUT2D eigenvalue weighted by molar-refractivity contribution is 0.0989. The van der Waals surface area contributed by atoms with E-state index in [2.05, 4.69) is 31.0 Å². The van der Waals surface area contributed by atoms with Crippen LogP contribution in [0.15, 0.2) is 29.6 Å². The van der Waals surface area contributed by atoms with Crippen molar-refractivity contribution in [2.24, 2.45) is 5.73 Å². The average molecular weight is 303 g/mol. The molecule has 4 nitrogen and oxygen atoms in total. The van der Waals surface area contributed by atoms with Gasteiger partial charge in [-0.15, -0.1) is 11.3 Å². The van der Waals surface area contributed by atoms with Gasteiger partial charge in [0.1, 0.15) is 5.69 Å². The van der Waals surface area contributed by atoms with Crippen molar-refractivity contribution in [2.45, 2.75) is 26.2 Å². The van der Waals surface area contributed by atoms with Gasteiger partial charge < -0.3 is 10.6 Å². The van der Waals surface area contributed by atoms with Crippen LogP contribution in [0.25, 0.3) is 0 Å². The van der Waals surface area contributed by atoms with Crippen LogP contribution in [0.2, 0.25) is 0 Å². The topological polar surface area (TPSA) is 59.2 Å². The Morgan fingerprint density at radius 1 is 1.33 bits per heavy atom. The fourth-order valence-electron chi connectivity index (χ4n) is 2.02. The number of carbonyl (C=O) groups is 1. The second-order valence-corrected chi connectivity index (χ2v) is 6.22. The highest BCUT2D eigenvalue weighted by molar-refractivity contribution is 7.09. The number of nitrogens with two attached hydrogens (primary N) is 1. The first-order valence-electron chi connectivity index (χ1n) is 7.05. The molecule has 1 aromatic heterocycles. The second kappa shape index (κ2) is 6.83. The molecule has 5 heteroatoms. The fourth-order valence-corrected chi connectivity index (χ4v) is 2.81. The summed E-state index contributed by atoms with van der Waals surface area (Å²) in [6.07, 6.45) is 0.713. The van der Waals surface area contributed by atoms with Gasteiger partial charge in [-0.3, -0.25) is 4.79 Å². The highest BCUT2D eigenvalue weighted by Crippen LogP contribution is 2.21. The first kappa shape index (κ1) is 15.7. The van der Waals surface area contributed by atoms with Crippen molar-refractivity contribution >= 4 is 22.9 Å². The molecule has 0 aliphatic heterocycles. The molecule has 2 N–H and O–H groups in total. The third kappa shape index (κ3) is 3.68. The zero-order valence-corrected chi connectivity index (χ0v) is 13.5. The average Bonchev–Trinajstić information content (AvgIpc) is 2.95. The van der Waals surface area contributed by atoms with Crippen molar-refractivity contribution in [1.29, 1.82) is 0 Å². The molecular formula is C16H21N3OS. The van der Waals surface area contributed by atoms with Crippen LogP contribution in [0, 0.1) is 0 Å². The van der Waals surface area contributed by atoms with Crippen LogP contribution in [-0.2, 0) is 6.42 Å². The van der Waals surface area contributed by atoms with Crippen molar-refractivity contribution in [3.8, 4) is 0 Å². The minimum absolute atomic E-state index is 0.0909. The van der Waals surface area contributed by atoms with Gasteiger partial charge >= 0.3 is 0 Å². The predicted molar refractivity (Wildman–Crippen MR) is 88.1 cm³/mol. The third-order valence-corrected chi connectivity index (χ3v) is 4.29. The molecule has 0 aliphatic rings. The molecule has 2 aromatic rings. The number of amides is 1. The Morgan fingerprint density at radius 3 is 2.57 bits per heavy atom. The van der Waals surface area contributed by atoms with Crippen LogP contribution in [-0.4, -0.2) is 24.5 Å². The number of carbonyl (C=O) groups excluding carboxylic acids is 1. The van der Waals surface area contributed by atoms with E-state index in [1.807, 2.05) is 12.1 Å². The molecule has 0 saturated heterocycles. The van der Waals surface area contributed by atoms with Crippen LogP contribution < -0.4 is 10.6 Å². The van der Waals surface area contributed by atoms with E-state index >= 15 is 0 Å². The summed E-state index contributed by atoms with van der Waals surface area (Å²) in [5.74, 6) is 0.393. The number of hydrogen-bond acceptors (Lipinski definition) is 4. The van der Waals surface area contributed by atoms with Gasteiger partial charge in [-0.05, 0) is 30.2 Å². The van der Waals surface area contributed by atoms with Gasteiger partial charge in [0.2, 0.25) is 0 Å². The van der Waals surface area contributed by atoms with Gasteiger partial charge in [-0.25, -0.2) is 4.98 Å². The number of benzene rings is 1. The molecule has 0 unspecified atom stereocenters. The van der Waals surface area contributed by atoms with Gasteiger partial charge in [0.15, 0.2) is 0 Å². The molecule has 112 valence electrons. The number of aromatic nitrogens is 1. The van der Waals surface area contributed by atoms with Crippen molar-refractivity contribution in [2.75, 3.05) is 18.5 Å². The third-order valence-electron chi connectivity index (χ3n) is 3.38. The Labute approximate surface area is 129 Å². The molecule has 21 heavy (non-hydrogen) atoms. The van der Waals surface area contributed by atoms with E-state index in [9.17, 15) is 4.79 Å². The quantitative estimate of drug-likeness (QED) is 0.923. The summed E-state index contributed by atoms with van der Waals surface area (Å²) in [5, 5.41) is 2.70. The summed E-state index contributed by atoms with van der Waals surface area (Å²) < 4.78 is 0. The predicted octanol–water partition coefficient (Wildman–Crippen LogP) is 3.04. The van der Waals surface area contributed by atoms with E-state index in [0.717, 1.165) is 10.7 Å². The van der Waals surface area contributed by atoms with Crippen molar-refractivity contribution in [1.82, 2.24) is 4.98 Å². The summed E-state index contributed by atoms with van der Waals surface area (Å²) in [6, 6.07) is 8.07. The fraction of sp³-hybridized carbons (Fsp3) is 0.375. The lowest BCUT2D eigenvalue weighted by Crippen LogP contribution is -2.26. The minimum atomic E-state index is -0.0909. The zero-order chi connectivity index (χ0) is 15.4. The molecule has 0 bridgehead atoms. The van der Waals surface area contributed by atoms with Gasteiger partial charge in [-0.1, -0.05) is 26.0 Å². The molecule has 1 amide bonds. The van der Waals surface area contributed by atoms with Crippen molar-refractivity contribution in [3.05, 3.63) is 45.9 Å². The van der Waals surface area contributed by atoms with Crippen LogP contribution in [0.1, 0.15) is 40.8 Å². The maximum absolute atomic E-state index is 12.4. The van der Waals surface area contributed by atoms with Crippen LogP contribution in [0.5, 0.6) is 0 Å². The minimum Gasteiger partial charge on any atom is -0.330 e. The molecular weight excluding hydrogens is 282 g/mol. The molecule has 1 aromatic carbocycles. The summed E-state index contributed by atoms with van der Waals surface area (Å²) in [6.45, 7) is 4.85. The summed E-state index contributed by atoms with van der Waals surface area (Å²) in [7, 11) is 1.77. The molecule has 0 saturated carbocycles. The molecule has 0 radical (unpaired) electrons. The molecule has 0 aliphatic carbocycles. The van der Waals surface area contributed by atoms with Gasteiger partial charge in [-0.2, -0.15) is 0 Å². The van der Waals surface area contributed by atoms with Gasteiger partial charge in [0.25, 0.3) is 5.91 Å². The zero-order valence-electron chi connectivity index (χ0n) is 12.7. The maximum Gasteiger partial charge on any atom is 0.277 e. The Morgan fingerprint density at radius 2 is 2.00 bits per heavy atom. The SMILES string of the molecule is CC(C)c1ccc(N(C)C(=O)c2csc(CCN)n2)cc1. The second-order valence-electron chi connectivity index (χ2n) is 5.28. The lowest BCUT2D eigenvalue weighted by Gasteiger charge is -2.17. The first-order chi connectivity index (χ1) is 10.0. The van der Waals surface area contributed by atoms with Crippen LogP contribution in [0.4, 0.5) is 5.69 Å². The lowest BCUT2D eigenvalue weighted by atomic mass is 10.0. The smallest absolute Gasteiger partial charge is 0.277 e. The maximum atomic E-state index is 12.4. The Balaban J connectivity index is 2.14. The van der Waals surface area contributed by atoms with E-state index in [4.69, 9.17) is 5.73 Å². The highest BCUT2D eigenvalue weighted by Gasteiger charge is 2.16. The molecule has 0 spiro atoms. The Kier molecular flexibility index (Phi) is 5.09. The largest absolute Gasteiger partial charge is 0.330 e. The van der Waals surface area contributed by atoms with E-state index in [1.54, 1.807) is 17.3 Å².